The number of nitrogen functional groups attached to an aromatic ring is 1. The molecule has 0 saturated carbocycles. The molecule has 0 bridgehead atoms. The van der Waals surface area contributed by atoms with Gasteiger partial charge in [0.2, 0.25) is 0 Å². The summed E-state index contributed by atoms with van der Waals surface area (Å²) >= 11 is 0. The second kappa shape index (κ2) is 5.26. The van der Waals surface area contributed by atoms with Crippen molar-refractivity contribution in [2.24, 2.45) is 12.8 Å². The molecule has 26 heavy (non-hydrogen) atoms. The maximum absolute atomic E-state index is 12.1. The van der Waals surface area contributed by atoms with Gasteiger partial charge in [0.05, 0.1) is 28.5 Å². The van der Waals surface area contributed by atoms with Crippen LogP contribution in [0, 0.1) is 13.8 Å². The molecular weight excluding hydrogens is 330 g/mol. The summed E-state index contributed by atoms with van der Waals surface area (Å²) in [5.74, 6) is -0.184. The summed E-state index contributed by atoms with van der Waals surface area (Å²) in [5, 5.41) is 16.1. The number of nitrogens with two attached hydrogens (primary N) is 2. The molecule has 0 aliphatic rings. The van der Waals surface area contributed by atoms with E-state index in [1.807, 2.05) is 39.1 Å². The summed E-state index contributed by atoms with van der Waals surface area (Å²) in [6, 6.07) is 7.18. The van der Waals surface area contributed by atoms with E-state index < -0.39 is 5.91 Å². The van der Waals surface area contributed by atoms with Crippen LogP contribution in [0.2, 0.25) is 0 Å². The molecule has 132 valence electrons. The van der Waals surface area contributed by atoms with Crippen LogP contribution in [-0.2, 0) is 7.05 Å². The average Bonchev–Trinajstić information content (AvgIpc) is 3.10. The van der Waals surface area contributed by atoms with Crippen molar-refractivity contribution < 1.29 is 9.90 Å². The van der Waals surface area contributed by atoms with Crippen LogP contribution in [0.15, 0.2) is 30.5 Å². The number of aromatic nitrogens is 3. The number of anilines is 1. The molecule has 1 amide bonds. The van der Waals surface area contributed by atoms with Crippen molar-refractivity contribution >= 4 is 33.5 Å². The van der Waals surface area contributed by atoms with Crippen LogP contribution in [0.5, 0.6) is 5.75 Å². The first-order valence-electron chi connectivity index (χ1n) is 8.16. The maximum Gasteiger partial charge on any atom is 0.253 e. The monoisotopic (exact) mass is 349 g/mol. The Labute approximate surface area is 149 Å². The SMILES string of the molecule is Cc1ccc(O)c(C)c1-n1c(N)c(C(N)=O)c2ccc3c(cnn3C)c21. The fourth-order valence-corrected chi connectivity index (χ4v) is 3.69. The Morgan fingerprint density at radius 1 is 1.15 bits per heavy atom. The number of phenols is 1. The molecule has 4 rings (SSSR count). The first kappa shape index (κ1) is 16.0. The molecule has 4 aromatic rings. The number of fused-ring (bicyclic) bond motifs is 3. The lowest BCUT2D eigenvalue weighted by molar-refractivity contribution is 0.100. The zero-order valence-corrected chi connectivity index (χ0v) is 14.7. The van der Waals surface area contributed by atoms with E-state index in [0.717, 1.165) is 27.7 Å². The summed E-state index contributed by atoms with van der Waals surface area (Å²) in [6.07, 6.45) is 1.74. The quantitative estimate of drug-likeness (QED) is 0.516. The highest BCUT2D eigenvalue weighted by Crippen LogP contribution is 2.39. The maximum atomic E-state index is 12.1. The molecule has 7 heteroatoms. The minimum Gasteiger partial charge on any atom is -0.508 e. The number of aromatic hydroxyl groups is 1. The number of aryl methyl sites for hydroxylation is 2. The molecule has 0 unspecified atom stereocenters. The van der Waals surface area contributed by atoms with Gasteiger partial charge < -0.3 is 16.6 Å². The number of phenolic OH excluding ortho intramolecular Hbond substituents is 1. The number of primary amides is 1. The lowest BCUT2D eigenvalue weighted by Gasteiger charge is -2.16. The number of carbonyl (C=O) groups excluding carboxylic acids is 1. The number of hydrogen-bond acceptors (Lipinski definition) is 4. The molecule has 0 saturated heterocycles. The van der Waals surface area contributed by atoms with Crippen LogP contribution in [-0.4, -0.2) is 25.4 Å². The van der Waals surface area contributed by atoms with Gasteiger partial charge in [-0.25, -0.2) is 0 Å². The van der Waals surface area contributed by atoms with Crippen LogP contribution in [0.3, 0.4) is 0 Å². The van der Waals surface area contributed by atoms with Gasteiger partial charge in [0, 0.05) is 23.4 Å². The van der Waals surface area contributed by atoms with E-state index in [0.29, 0.717) is 10.9 Å². The molecule has 0 atom stereocenters. The fourth-order valence-electron chi connectivity index (χ4n) is 3.69. The summed E-state index contributed by atoms with van der Waals surface area (Å²) in [5.41, 5.74) is 16.3. The number of hydrogen-bond donors (Lipinski definition) is 3. The summed E-state index contributed by atoms with van der Waals surface area (Å²) in [4.78, 5) is 12.1. The van der Waals surface area contributed by atoms with Crippen LogP contribution in [0.25, 0.3) is 27.5 Å². The van der Waals surface area contributed by atoms with Gasteiger partial charge >= 0.3 is 0 Å². The Bertz CT molecular complexity index is 1220. The molecular formula is C19H19N5O2. The van der Waals surface area contributed by atoms with Crippen LogP contribution in [0.4, 0.5) is 5.82 Å². The number of rotatable bonds is 2. The van der Waals surface area contributed by atoms with E-state index in [4.69, 9.17) is 11.5 Å². The third kappa shape index (κ3) is 1.94. The number of nitrogens with zero attached hydrogens (tertiary/aromatic N) is 3. The average molecular weight is 349 g/mol. The minimum absolute atomic E-state index is 0.158. The first-order valence-corrected chi connectivity index (χ1v) is 8.16. The summed E-state index contributed by atoms with van der Waals surface area (Å²) in [6.45, 7) is 3.75. The van der Waals surface area contributed by atoms with Gasteiger partial charge in [-0.1, -0.05) is 6.07 Å². The van der Waals surface area contributed by atoms with E-state index in [9.17, 15) is 9.90 Å². The molecule has 5 N–H and O–H groups in total. The standard InChI is InChI=1S/C19H19N5O2/c1-9-4-7-14(25)10(2)16(9)24-17-11(15(18(24)20)19(21)26)5-6-13-12(17)8-22-23(13)3/h4-8,25H,20H2,1-3H3,(H2,21,26). The molecule has 2 aromatic heterocycles. The molecule has 2 heterocycles. The topological polar surface area (TPSA) is 112 Å². The molecule has 7 nitrogen and oxygen atoms in total. The van der Waals surface area contributed by atoms with Crippen molar-refractivity contribution in [2.75, 3.05) is 5.73 Å². The Morgan fingerprint density at radius 3 is 2.58 bits per heavy atom. The van der Waals surface area contributed by atoms with Gasteiger partial charge in [-0.2, -0.15) is 5.10 Å². The van der Waals surface area contributed by atoms with E-state index in [2.05, 4.69) is 5.10 Å². The van der Waals surface area contributed by atoms with Crippen molar-refractivity contribution in [3.05, 3.63) is 47.2 Å². The largest absolute Gasteiger partial charge is 0.508 e. The highest BCUT2D eigenvalue weighted by Gasteiger charge is 2.24. The van der Waals surface area contributed by atoms with Gasteiger partial charge in [0.25, 0.3) is 5.91 Å². The van der Waals surface area contributed by atoms with Crippen LogP contribution >= 0.6 is 0 Å². The van der Waals surface area contributed by atoms with E-state index in [-0.39, 0.29) is 17.1 Å². The van der Waals surface area contributed by atoms with E-state index >= 15 is 0 Å². The lowest BCUT2D eigenvalue weighted by atomic mass is 10.1. The number of amides is 1. The fraction of sp³-hybridized carbons (Fsp3) is 0.158. The molecule has 0 aliphatic heterocycles. The van der Waals surface area contributed by atoms with Crippen molar-refractivity contribution in [1.29, 1.82) is 0 Å². The molecule has 0 fully saturated rings. The van der Waals surface area contributed by atoms with Gasteiger partial charge in [-0.15, -0.1) is 0 Å². The Kier molecular flexibility index (Phi) is 3.24. The van der Waals surface area contributed by atoms with E-state index in [1.54, 1.807) is 21.5 Å². The summed E-state index contributed by atoms with van der Waals surface area (Å²) in [7, 11) is 1.85. The third-order valence-corrected chi connectivity index (χ3v) is 4.97. The highest BCUT2D eigenvalue weighted by atomic mass is 16.3. The van der Waals surface area contributed by atoms with Crippen molar-refractivity contribution in [3.8, 4) is 11.4 Å². The van der Waals surface area contributed by atoms with E-state index in [1.165, 1.54) is 0 Å². The Morgan fingerprint density at radius 2 is 1.88 bits per heavy atom. The minimum atomic E-state index is -0.593. The van der Waals surface area contributed by atoms with Gasteiger partial charge in [-0.3, -0.25) is 14.0 Å². The number of carbonyl (C=O) groups is 1. The lowest BCUT2D eigenvalue weighted by Crippen LogP contribution is -2.14. The second-order valence-corrected chi connectivity index (χ2v) is 6.50. The van der Waals surface area contributed by atoms with Crippen LogP contribution < -0.4 is 11.5 Å². The van der Waals surface area contributed by atoms with Gasteiger partial charge in [-0.05, 0) is 37.6 Å². The van der Waals surface area contributed by atoms with Crippen molar-refractivity contribution in [2.45, 2.75) is 13.8 Å². The molecule has 0 aliphatic carbocycles. The smallest absolute Gasteiger partial charge is 0.253 e. The molecule has 2 aromatic carbocycles. The van der Waals surface area contributed by atoms with Crippen molar-refractivity contribution in [3.63, 3.8) is 0 Å². The normalized spacial score (nSPS) is 11.5. The van der Waals surface area contributed by atoms with Crippen molar-refractivity contribution in [1.82, 2.24) is 14.3 Å². The third-order valence-electron chi connectivity index (χ3n) is 4.97. The molecule has 0 spiro atoms. The summed E-state index contributed by atoms with van der Waals surface area (Å²) < 4.78 is 3.55. The first-order chi connectivity index (χ1) is 12.3. The Balaban J connectivity index is 2.30. The zero-order valence-electron chi connectivity index (χ0n) is 14.7. The zero-order chi connectivity index (χ0) is 18.7. The van der Waals surface area contributed by atoms with Gasteiger partial charge in [0.1, 0.15) is 11.6 Å². The molecule has 0 radical (unpaired) electrons. The highest BCUT2D eigenvalue weighted by molar-refractivity contribution is 6.18. The Hall–Kier alpha value is -3.48. The predicted molar refractivity (Wildman–Crippen MR) is 102 cm³/mol. The predicted octanol–water partition coefficient (Wildman–Crippen LogP) is 2.52. The second-order valence-electron chi connectivity index (χ2n) is 6.50. The number of benzene rings is 2. The van der Waals surface area contributed by atoms with Crippen LogP contribution in [0.1, 0.15) is 21.5 Å². The van der Waals surface area contributed by atoms with Gasteiger partial charge in [0.15, 0.2) is 0 Å².